The third-order valence-electron chi connectivity index (χ3n) is 5.76. The zero-order chi connectivity index (χ0) is 21.8. The smallest absolute Gasteiger partial charge is 0.217 e. The van der Waals surface area contributed by atoms with Gasteiger partial charge in [-0.05, 0) is 63.2 Å². The van der Waals surface area contributed by atoms with Crippen molar-refractivity contribution in [3.05, 3.63) is 51.6 Å². The normalized spacial score (nSPS) is 15.4. The van der Waals surface area contributed by atoms with E-state index in [2.05, 4.69) is 15.4 Å². The standard InChI is InChI=1S/C23H26FN3O3S/c1-15(28)25-14-18-5-7-22(31-18)20(29)3-2-10-27-11-8-16(9-12-27)23-19-6-4-17(24)13-21(19)30-26-23/h4-7,13,16H,2-3,8-12,14H2,1H3,(H,25,28). The predicted octanol–water partition coefficient (Wildman–Crippen LogP) is 4.51. The molecule has 0 bridgehead atoms. The van der Waals surface area contributed by atoms with Gasteiger partial charge in [-0.2, -0.15) is 0 Å². The molecule has 0 unspecified atom stereocenters. The van der Waals surface area contributed by atoms with Crippen molar-refractivity contribution in [1.29, 1.82) is 0 Å². The number of Topliss-reactive ketones (excluding diaryl/α,β-unsaturated/α-hetero) is 1. The number of thiophene rings is 1. The van der Waals surface area contributed by atoms with Gasteiger partial charge in [0.05, 0.1) is 17.1 Å². The first-order valence-corrected chi connectivity index (χ1v) is 11.4. The van der Waals surface area contributed by atoms with Gasteiger partial charge in [0.2, 0.25) is 5.91 Å². The number of ketones is 1. The van der Waals surface area contributed by atoms with Crippen LogP contribution in [0.1, 0.15) is 58.8 Å². The molecule has 1 fully saturated rings. The summed E-state index contributed by atoms with van der Waals surface area (Å²) >= 11 is 1.45. The largest absolute Gasteiger partial charge is 0.356 e. The van der Waals surface area contributed by atoms with Gasteiger partial charge in [-0.3, -0.25) is 9.59 Å². The van der Waals surface area contributed by atoms with Crippen LogP contribution in [0, 0.1) is 5.82 Å². The summed E-state index contributed by atoms with van der Waals surface area (Å²) in [7, 11) is 0. The van der Waals surface area contributed by atoms with Crippen molar-refractivity contribution in [3.63, 3.8) is 0 Å². The highest BCUT2D eigenvalue weighted by atomic mass is 32.1. The number of aromatic nitrogens is 1. The quantitative estimate of drug-likeness (QED) is 0.519. The summed E-state index contributed by atoms with van der Waals surface area (Å²) in [6.07, 6.45) is 3.31. The lowest BCUT2D eigenvalue weighted by Gasteiger charge is -2.31. The second kappa shape index (κ2) is 9.70. The molecule has 0 atom stereocenters. The molecule has 1 aliphatic rings. The van der Waals surface area contributed by atoms with Gasteiger partial charge in [-0.25, -0.2) is 4.39 Å². The second-order valence-electron chi connectivity index (χ2n) is 8.03. The molecule has 6 nitrogen and oxygen atoms in total. The van der Waals surface area contributed by atoms with Crippen molar-refractivity contribution in [2.45, 2.75) is 45.1 Å². The van der Waals surface area contributed by atoms with Crippen LogP contribution in [-0.2, 0) is 11.3 Å². The lowest BCUT2D eigenvalue weighted by atomic mass is 9.91. The average molecular weight is 444 g/mol. The van der Waals surface area contributed by atoms with Crippen LogP contribution in [0.15, 0.2) is 34.9 Å². The minimum atomic E-state index is -0.314. The molecule has 164 valence electrons. The van der Waals surface area contributed by atoms with Crippen molar-refractivity contribution in [2.75, 3.05) is 19.6 Å². The summed E-state index contributed by atoms with van der Waals surface area (Å²) in [5.74, 6) is 0.0924. The Labute approximate surface area is 184 Å². The molecule has 0 radical (unpaired) electrons. The van der Waals surface area contributed by atoms with Gasteiger partial charge in [0.25, 0.3) is 0 Å². The number of nitrogens with one attached hydrogen (secondary N) is 1. The lowest BCUT2D eigenvalue weighted by Crippen LogP contribution is -2.34. The number of hydrogen-bond acceptors (Lipinski definition) is 6. The van der Waals surface area contributed by atoms with Crippen molar-refractivity contribution in [3.8, 4) is 0 Å². The minimum absolute atomic E-state index is 0.0734. The number of halogens is 1. The van der Waals surface area contributed by atoms with Crippen molar-refractivity contribution in [2.24, 2.45) is 0 Å². The molecule has 1 amide bonds. The van der Waals surface area contributed by atoms with E-state index in [0.29, 0.717) is 24.5 Å². The Hall–Kier alpha value is -2.58. The predicted molar refractivity (Wildman–Crippen MR) is 118 cm³/mol. The highest BCUT2D eigenvalue weighted by Gasteiger charge is 2.25. The SMILES string of the molecule is CC(=O)NCc1ccc(C(=O)CCCN2CCC(c3noc4cc(F)ccc34)CC2)s1. The molecular weight excluding hydrogens is 417 g/mol. The van der Waals surface area contributed by atoms with E-state index >= 15 is 0 Å². The van der Waals surface area contributed by atoms with Crippen LogP contribution in [-0.4, -0.2) is 41.4 Å². The van der Waals surface area contributed by atoms with Gasteiger partial charge < -0.3 is 14.7 Å². The molecule has 3 heterocycles. The first-order valence-electron chi connectivity index (χ1n) is 10.6. The highest BCUT2D eigenvalue weighted by molar-refractivity contribution is 7.14. The summed E-state index contributed by atoms with van der Waals surface area (Å²) in [4.78, 5) is 27.6. The van der Waals surface area contributed by atoms with E-state index in [1.165, 1.54) is 30.4 Å². The molecule has 1 N–H and O–H groups in total. The van der Waals surface area contributed by atoms with Crippen LogP contribution >= 0.6 is 11.3 Å². The zero-order valence-corrected chi connectivity index (χ0v) is 18.3. The molecule has 2 aromatic heterocycles. The summed E-state index contributed by atoms with van der Waals surface area (Å²) in [5.41, 5.74) is 1.43. The fraction of sp³-hybridized carbons (Fsp3) is 0.435. The number of hydrogen-bond donors (Lipinski definition) is 1. The van der Waals surface area contributed by atoms with Crippen LogP contribution < -0.4 is 5.32 Å². The maximum atomic E-state index is 13.4. The maximum Gasteiger partial charge on any atom is 0.217 e. The van der Waals surface area contributed by atoms with Crippen molar-refractivity contribution >= 4 is 34.0 Å². The number of rotatable bonds is 8. The zero-order valence-electron chi connectivity index (χ0n) is 17.5. The van der Waals surface area contributed by atoms with Gasteiger partial charge in [0.1, 0.15) is 5.82 Å². The fourth-order valence-electron chi connectivity index (χ4n) is 4.08. The Morgan fingerprint density at radius 2 is 2.06 bits per heavy atom. The highest BCUT2D eigenvalue weighted by Crippen LogP contribution is 2.32. The molecule has 1 aromatic carbocycles. The van der Waals surface area contributed by atoms with Crippen LogP contribution in [0.4, 0.5) is 4.39 Å². The fourth-order valence-corrected chi connectivity index (χ4v) is 4.99. The molecule has 0 spiro atoms. The van der Waals surface area contributed by atoms with Gasteiger partial charge in [-0.15, -0.1) is 11.3 Å². The number of nitrogens with zero attached hydrogens (tertiary/aromatic N) is 2. The third-order valence-corrected chi connectivity index (χ3v) is 6.89. The lowest BCUT2D eigenvalue weighted by molar-refractivity contribution is -0.119. The molecule has 1 aliphatic heterocycles. The summed E-state index contributed by atoms with van der Waals surface area (Å²) in [6, 6.07) is 8.34. The Morgan fingerprint density at radius 3 is 2.84 bits per heavy atom. The molecule has 1 saturated heterocycles. The first kappa shape index (κ1) is 21.6. The molecule has 4 rings (SSSR count). The van der Waals surface area contributed by atoms with Gasteiger partial charge in [0, 0.05) is 35.6 Å². The van der Waals surface area contributed by atoms with Crippen LogP contribution in [0.5, 0.6) is 0 Å². The molecule has 3 aromatic rings. The Kier molecular flexibility index (Phi) is 6.77. The number of carbonyl (C=O) groups excluding carboxylic acids is 2. The number of carbonyl (C=O) groups is 2. The number of piperidine rings is 1. The molecular formula is C23H26FN3O3S. The van der Waals surface area contributed by atoms with E-state index in [1.807, 2.05) is 12.1 Å². The van der Waals surface area contributed by atoms with E-state index < -0.39 is 0 Å². The van der Waals surface area contributed by atoms with Crippen LogP contribution in [0.2, 0.25) is 0 Å². The summed E-state index contributed by atoms with van der Waals surface area (Å²) < 4.78 is 18.7. The monoisotopic (exact) mass is 443 g/mol. The summed E-state index contributed by atoms with van der Waals surface area (Å²) in [5, 5.41) is 7.86. The number of amides is 1. The van der Waals surface area contributed by atoms with E-state index in [9.17, 15) is 14.0 Å². The number of benzene rings is 1. The molecule has 0 saturated carbocycles. The third kappa shape index (κ3) is 5.37. The molecule has 8 heteroatoms. The van der Waals surface area contributed by atoms with E-state index in [-0.39, 0.29) is 17.5 Å². The second-order valence-corrected chi connectivity index (χ2v) is 9.19. The molecule has 0 aliphatic carbocycles. The van der Waals surface area contributed by atoms with Crippen LogP contribution in [0.3, 0.4) is 0 Å². The van der Waals surface area contributed by atoms with Crippen LogP contribution in [0.25, 0.3) is 11.0 Å². The van der Waals surface area contributed by atoms with E-state index in [4.69, 9.17) is 4.52 Å². The Morgan fingerprint density at radius 1 is 1.26 bits per heavy atom. The van der Waals surface area contributed by atoms with Gasteiger partial charge >= 0.3 is 0 Å². The summed E-state index contributed by atoms with van der Waals surface area (Å²) in [6.45, 7) is 4.76. The average Bonchev–Trinajstić information content (AvgIpc) is 3.39. The minimum Gasteiger partial charge on any atom is -0.356 e. The number of fused-ring (bicyclic) bond motifs is 1. The van der Waals surface area contributed by atoms with Gasteiger partial charge in [-0.1, -0.05) is 5.16 Å². The first-order chi connectivity index (χ1) is 15.0. The van der Waals surface area contributed by atoms with Crippen molar-refractivity contribution < 1.29 is 18.5 Å². The topological polar surface area (TPSA) is 75.4 Å². The van der Waals surface area contributed by atoms with E-state index in [1.54, 1.807) is 6.07 Å². The Balaban J connectivity index is 1.21. The number of likely N-dealkylation sites (tertiary alicyclic amines) is 1. The van der Waals surface area contributed by atoms with Crippen molar-refractivity contribution in [1.82, 2.24) is 15.4 Å². The molecule has 31 heavy (non-hydrogen) atoms. The maximum absolute atomic E-state index is 13.4. The van der Waals surface area contributed by atoms with Gasteiger partial charge in [0.15, 0.2) is 11.4 Å². The van der Waals surface area contributed by atoms with E-state index in [0.717, 1.165) is 59.7 Å². The Bertz CT molecular complexity index is 1070.